The number of rotatable bonds is 8. The van der Waals surface area contributed by atoms with Crippen molar-refractivity contribution in [1.29, 1.82) is 0 Å². The zero-order valence-corrected chi connectivity index (χ0v) is 16.1. The number of amides is 2. The van der Waals surface area contributed by atoms with Crippen LogP contribution in [0.15, 0.2) is 12.7 Å². The number of fused-ring (bicyclic) bond motifs is 1. The Morgan fingerprint density at radius 2 is 2.28 bits per heavy atom. The maximum Gasteiger partial charge on any atom is 0.232 e. The molecular formula is C19H30N2O3S. The van der Waals surface area contributed by atoms with Gasteiger partial charge in [0, 0.05) is 31.3 Å². The number of carbonyl (C=O) groups is 2. The van der Waals surface area contributed by atoms with Gasteiger partial charge in [0.05, 0.1) is 24.0 Å². The van der Waals surface area contributed by atoms with E-state index >= 15 is 0 Å². The molecule has 25 heavy (non-hydrogen) atoms. The van der Waals surface area contributed by atoms with Gasteiger partial charge in [0.25, 0.3) is 0 Å². The second-order valence-corrected chi connectivity index (χ2v) is 9.36. The van der Waals surface area contributed by atoms with Gasteiger partial charge in [-0.05, 0) is 24.5 Å². The molecule has 3 rings (SSSR count). The lowest BCUT2D eigenvalue weighted by Crippen LogP contribution is -2.41. The van der Waals surface area contributed by atoms with Crippen LogP contribution in [0.4, 0.5) is 0 Å². The molecule has 1 N–H and O–H groups in total. The van der Waals surface area contributed by atoms with E-state index in [4.69, 9.17) is 4.74 Å². The second-order valence-electron chi connectivity index (χ2n) is 7.80. The molecule has 3 aliphatic rings. The van der Waals surface area contributed by atoms with Gasteiger partial charge in [-0.3, -0.25) is 9.59 Å². The van der Waals surface area contributed by atoms with Crippen molar-refractivity contribution < 1.29 is 14.3 Å². The molecule has 0 unspecified atom stereocenters. The Morgan fingerprint density at radius 3 is 3.00 bits per heavy atom. The van der Waals surface area contributed by atoms with E-state index in [1.165, 1.54) is 0 Å². The van der Waals surface area contributed by atoms with Gasteiger partial charge >= 0.3 is 0 Å². The van der Waals surface area contributed by atoms with E-state index in [1.807, 2.05) is 4.90 Å². The standard InChI is InChI=1S/C19H30N2O3S/c1-4-5-6-17(22)20-9-14-15-10-21(18(23)11-25-13(2)3)12-19(15)8-7-16(14)24-19/h4,13-16H,1,5-12H2,2-3H3,(H,20,22)/t14-,15+,16+,19+/m0/s1. The lowest BCUT2D eigenvalue weighted by atomic mass is 9.73. The largest absolute Gasteiger partial charge is 0.369 e. The maximum atomic E-state index is 12.5. The van der Waals surface area contributed by atoms with Crippen molar-refractivity contribution >= 4 is 23.6 Å². The average molecular weight is 367 g/mol. The first-order valence-electron chi connectivity index (χ1n) is 9.40. The van der Waals surface area contributed by atoms with Gasteiger partial charge in [-0.1, -0.05) is 19.9 Å². The number of carbonyl (C=O) groups excluding carboxylic acids is 2. The zero-order valence-electron chi connectivity index (χ0n) is 15.3. The summed E-state index contributed by atoms with van der Waals surface area (Å²) in [4.78, 5) is 26.4. The van der Waals surface area contributed by atoms with Crippen LogP contribution in [-0.4, -0.2) is 59.1 Å². The molecule has 4 atom stereocenters. The molecule has 0 aromatic heterocycles. The molecule has 0 radical (unpaired) electrons. The topological polar surface area (TPSA) is 58.6 Å². The molecule has 2 amide bonds. The Labute approximate surface area is 154 Å². The fourth-order valence-corrected chi connectivity index (χ4v) is 5.19. The highest BCUT2D eigenvalue weighted by molar-refractivity contribution is 8.00. The van der Waals surface area contributed by atoms with Crippen molar-refractivity contribution in [2.75, 3.05) is 25.4 Å². The number of allylic oxidation sites excluding steroid dienone is 1. The molecule has 3 heterocycles. The van der Waals surface area contributed by atoms with Crippen LogP contribution < -0.4 is 5.32 Å². The van der Waals surface area contributed by atoms with Gasteiger partial charge in [-0.15, -0.1) is 18.3 Å². The molecule has 0 aliphatic carbocycles. The molecule has 0 aromatic rings. The van der Waals surface area contributed by atoms with E-state index in [1.54, 1.807) is 17.8 Å². The number of ether oxygens (including phenoxy) is 1. The number of thioether (sulfide) groups is 1. The lowest BCUT2D eigenvalue weighted by Gasteiger charge is -2.29. The summed E-state index contributed by atoms with van der Waals surface area (Å²) in [5.41, 5.74) is -0.153. The fraction of sp³-hybridized carbons (Fsp3) is 0.789. The summed E-state index contributed by atoms with van der Waals surface area (Å²) in [5.74, 6) is 1.54. The number of hydrogen-bond acceptors (Lipinski definition) is 4. The number of nitrogens with one attached hydrogen (secondary N) is 1. The summed E-state index contributed by atoms with van der Waals surface area (Å²) in [6, 6.07) is 0. The second kappa shape index (κ2) is 7.70. The van der Waals surface area contributed by atoms with E-state index < -0.39 is 0 Å². The molecule has 1 spiro atoms. The number of hydrogen-bond donors (Lipinski definition) is 1. The zero-order chi connectivity index (χ0) is 18.0. The number of likely N-dealkylation sites (tertiary alicyclic amines) is 1. The summed E-state index contributed by atoms with van der Waals surface area (Å²) < 4.78 is 6.35. The molecule has 140 valence electrons. The van der Waals surface area contributed by atoms with Crippen molar-refractivity contribution in [3.8, 4) is 0 Å². The monoisotopic (exact) mass is 366 g/mol. The molecule has 3 fully saturated rings. The van der Waals surface area contributed by atoms with Gasteiger partial charge in [0.2, 0.25) is 11.8 Å². The summed E-state index contributed by atoms with van der Waals surface area (Å²) in [6.07, 6.45) is 5.31. The first kappa shape index (κ1) is 18.8. The van der Waals surface area contributed by atoms with Crippen molar-refractivity contribution in [3.05, 3.63) is 12.7 Å². The van der Waals surface area contributed by atoms with Crippen molar-refractivity contribution in [3.63, 3.8) is 0 Å². The predicted molar refractivity (Wildman–Crippen MR) is 100 cm³/mol. The van der Waals surface area contributed by atoms with Crippen LogP contribution in [-0.2, 0) is 14.3 Å². The SMILES string of the molecule is C=CCCC(=O)NC[C@H]1[C@H]2CN(C(=O)CSC(C)C)C[C@]23CC[C@H]1O3. The van der Waals surface area contributed by atoms with E-state index in [9.17, 15) is 9.59 Å². The van der Waals surface area contributed by atoms with Crippen molar-refractivity contribution in [1.82, 2.24) is 10.2 Å². The highest BCUT2D eigenvalue weighted by Gasteiger charge is 2.63. The first-order valence-corrected chi connectivity index (χ1v) is 10.4. The van der Waals surface area contributed by atoms with E-state index in [-0.39, 0.29) is 23.5 Å². The van der Waals surface area contributed by atoms with Gasteiger partial charge < -0.3 is 15.0 Å². The number of nitrogens with zero attached hydrogens (tertiary/aromatic N) is 1. The van der Waals surface area contributed by atoms with Crippen LogP contribution in [0.2, 0.25) is 0 Å². The minimum absolute atomic E-state index is 0.0796. The molecule has 3 aliphatic heterocycles. The minimum Gasteiger partial charge on any atom is -0.369 e. The van der Waals surface area contributed by atoms with Gasteiger partial charge in [0.1, 0.15) is 0 Å². The van der Waals surface area contributed by atoms with Crippen molar-refractivity contribution in [2.45, 2.75) is 56.5 Å². The minimum atomic E-state index is -0.153. The van der Waals surface area contributed by atoms with Gasteiger partial charge in [-0.2, -0.15) is 0 Å². The quantitative estimate of drug-likeness (QED) is 0.669. The average Bonchev–Trinajstić information content (AvgIpc) is 3.24. The summed E-state index contributed by atoms with van der Waals surface area (Å²) in [7, 11) is 0. The molecular weight excluding hydrogens is 336 g/mol. The summed E-state index contributed by atoms with van der Waals surface area (Å²) in [5, 5.41) is 3.53. The Kier molecular flexibility index (Phi) is 5.78. The first-order chi connectivity index (χ1) is 11.9. The molecule has 3 saturated heterocycles. The van der Waals surface area contributed by atoms with E-state index in [2.05, 4.69) is 25.7 Å². The molecule has 5 nitrogen and oxygen atoms in total. The third-order valence-corrected chi connectivity index (χ3v) is 6.87. The van der Waals surface area contributed by atoms with Crippen LogP contribution in [0.25, 0.3) is 0 Å². The Hall–Kier alpha value is -1.01. The Morgan fingerprint density at radius 1 is 1.48 bits per heavy atom. The molecule has 6 heteroatoms. The summed E-state index contributed by atoms with van der Waals surface area (Å²) in [6.45, 7) is 10.1. The Bertz CT molecular complexity index is 539. The fourth-order valence-electron chi connectivity index (χ4n) is 4.54. The maximum absolute atomic E-state index is 12.5. The van der Waals surface area contributed by atoms with Gasteiger partial charge in [0.15, 0.2) is 0 Å². The van der Waals surface area contributed by atoms with Crippen LogP contribution in [0.1, 0.15) is 39.5 Å². The smallest absolute Gasteiger partial charge is 0.232 e. The van der Waals surface area contributed by atoms with Gasteiger partial charge in [-0.25, -0.2) is 0 Å². The third-order valence-electron chi connectivity index (χ3n) is 5.79. The molecule has 0 aromatic carbocycles. The van der Waals surface area contributed by atoms with Crippen LogP contribution in [0, 0.1) is 11.8 Å². The third kappa shape index (κ3) is 3.90. The van der Waals surface area contributed by atoms with Crippen molar-refractivity contribution in [2.24, 2.45) is 11.8 Å². The highest BCUT2D eigenvalue weighted by atomic mass is 32.2. The molecule has 0 saturated carbocycles. The normalized spacial score (nSPS) is 32.9. The Balaban J connectivity index is 1.56. The predicted octanol–water partition coefficient (Wildman–Crippen LogP) is 2.22. The van der Waals surface area contributed by atoms with Crippen LogP contribution in [0.3, 0.4) is 0 Å². The molecule has 2 bridgehead atoms. The highest BCUT2D eigenvalue weighted by Crippen LogP contribution is 2.54. The van der Waals surface area contributed by atoms with Crippen LogP contribution in [0.5, 0.6) is 0 Å². The lowest BCUT2D eigenvalue weighted by molar-refractivity contribution is -0.129. The van der Waals surface area contributed by atoms with Crippen LogP contribution >= 0.6 is 11.8 Å². The summed E-state index contributed by atoms with van der Waals surface area (Å²) >= 11 is 1.70. The van der Waals surface area contributed by atoms with E-state index in [0.29, 0.717) is 42.2 Å². The van der Waals surface area contributed by atoms with E-state index in [0.717, 1.165) is 25.9 Å².